The first-order chi connectivity index (χ1) is 8.78. The van der Waals surface area contributed by atoms with Crippen molar-refractivity contribution in [2.45, 2.75) is 50.5 Å². The summed E-state index contributed by atoms with van der Waals surface area (Å²) in [4.78, 5) is 16.5. The van der Waals surface area contributed by atoms with E-state index >= 15 is 0 Å². The molecule has 96 valence electrons. The van der Waals surface area contributed by atoms with Gasteiger partial charge >= 0.3 is 5.97 Å². The molecule has 2 aliphatic rings. The first kappa shape index (κ1) is 11.5. The quantitative estimate of drug-likeness (QED) is 0.772. The van der Waals surface area contributed by atoms with E-state index in [-0.39, 0.29) is 5.97 Å². The molecule has 4 nitrogen and oxygen atoms in total. The number of carbonyl (C=O) groups excluding carboxylic acids is 1. The van der Waals surface area contributed by atoms with E-state index < -0.39 is 5.54 Å². The molecule has 1 spiro atoms. The van der Waals surface area contributed by atoms with Gasteiger partial charge in [0, 0.05) is 12.8 Å². The lowest BCUT2D eigenvalue weighted by atomic mass is 9.83. The Kier molecular flexibility index (Phi) is 2.94. The molecule has 0 N–H and O–H groups in total. The highest BCUT2D eigenvalue weighted by Crippen LogP contribution is 2.36. The molecule has 2 heterocycles. The number of nitrogens with zero attached hydrogens (tertiary/aromatic N) is 1. The maximum atomic E-state index is 12.0. The van der Waals surface area contributed by atoms with Crippen LogP contribution in [0.2, 0.25) is 0 Å². The summed E-state index contributed by atoms with van der Waals surface area (Å²) in [6.45, 7) is 0. The van der Waals surface area contributed by atoms with Gasteiger partial charge in [0.15, 0.2) is 11.4 Å². The molecule has 1 aliphatic heterocycles. The van der Waals surface area contributed by atoms with E-state index in [9.17, 15) is 4.79 Å². The molecule has 3 rings (SSSR count). The standard InChI is InChI=1S/C14H17NO3/c16-13-14(8-2-1-3-9-14)15-12(18-13)7-6-11-5-4-10-17-11/h4-5,10H,1-3,6-9H2. The maximum Gasteiger partial charge on any atom is 0.340 e. The minimum absolute atomic E-state index is 0.142. The molecule has 1 fully saturated rings. The number of aryl methyl sites for hydroxylation is 1. The second-order valence-corrected chi connectivity index (χ2v) is 5.07. The molecule has 1 aromatic rings. The van der Waals surface area contributed by atoms with Crippen molar-refractivity contribution in [1.29, 1.82) is 0 Å². The molecule has 1 aliphatic carbocycles. The summed E-state index contributed by atoms with van der Waals surface area (Å²) < 4.78 is 10.6. The summed E-state index contributed by atoms with van der Waals surface area (Å²) in [6, 6.07) is 3.79. The van der Waals surface area contributed by atoms with Crippen LogP contribution in [-0.4, -0.2) is 17.4 Å². The van der Waals surface area contributed by atoms with Gasteiger partial charge in [0.2, 0.25) is 0 Å². The van der Waals surface area contributed by atoms with Crippen molar-refractivity contribution in [1.82, 2.24) is 0 Å². The number of esters is 1. The fourth-order valence-electron chi connectivity index (χ4n) is 2.75. The van der Waals surface area contributed by atoms with Gasteiger partial charge in [-0.1, -0.05) is 19.3 Å². The highest BCUT2D eigenvalue weighted by Gasteiger charge is 2.46. The summed E-state index contributed by atoms with van der Waals surface area (Å²) >= 11 is 0. The van der Waals surface area contributed by atoms with Crippen LogP contribution < -0.4 is 0 Å². The van der Waals surface area contributed by atoms with E-state index in [1.807, 2.05) is 12.1 Å². The van der Waals surface area contributed by atoms with Gasteiger partial charge in [-0.05, 0) is 25.0 Å². The lowest BCUT2D eigenvalue weighted by Crippen LogP contribution is -2.35. The van der Waals surface area contributed by atoms with Crippen LogP contribution in [0.3, 0.4) is 0 Å². The second-order valence-electron chi connectivity index (χ2n) is 5.07. The number of carbonyl (C=O) groups is 1. The third kappa shape index (κ3) is 2.07. The molecular formula is C14H17NO3. The topological polar surface area (TPSA) is 51.8 Å². The zero-order valence-electron chi connectivity index (χ0n) is 10.4. The number of ether oxygens (including phenoxy) is 1. The van der Waals surface area contributed by atoms with Gasteiger partial charge in [-0.25, -0.2) is 9.79 Å². The molecule has 0 atom stereocenters. The highest BCUT2D eigenvalue weighted by molar-refractivity contribution is 6.00. The average molecular weight is 247 g/mol. The number of rotatable bonds is 3. The molecule has 0 radical (unpaired) electrons. The summed E-state index contributed by atoms with van der Waals surface area (Å²) in [5.74, 6) is 1.34. The zero-order valence-corrected chi connectivity index (χ0v) is 10.4. The van der Waals surface area contributed by atoms with Crippen LogP contribution in [0.5, 0.6) is 0 Å². The van der Waals surface area contributed by atoms with Gasteiger partial charge < -0.3 is 9.15 Å². The fourth-order valence-corrected chi connectivity index (χ4v) is 2.75. The molecule has 0 bridgehead atoms. The Hall–Kier alpha value is -1.58. The van der Waals surface area contributed by atoms with Crippen molar-refractivity contribution >= 4 is 11.9 Å². The average Bonchev–Trinajstić information content (AvgIpc) is 2.98. The molecule has 1 saturated carbocycles. The molecule has 18 heavy (non-hydrogen) atoms. The van der Waals surface area contributed by atoms with Crippen LogP contribution in [0.4, 0.5) is 0 Å². The summed E-state index contributed by atoms with van der Waals surface area (Å²) in [6.07, 6.45) is 8.06. The van der Waals surface area contributed by atoms with Gasteiger partial charge in [-0.3, -0.25) is 0 Å². The van der Waals surface area contributed by atoms with Crippen LogP contribution in [0.1, 0.15) is 44.3 Å². The van der Waals surface area contributed by atoms with Gasteiger partial charge in [0.1, 0.15) is 5.76 Å². The van der Waals surface area contributed by atoms with E-state index in [1.54, 1.807) is 6.26 Å². The van der Waals surface area contributed by atoms with E-state index in [4.69, 9.17) is 9.15 Å². The highest BCUT2D eigenvalue weighted by atomic mass is 16.6. The smallest absolute Gasteiger partial charge is 0.340 e. The van der Waals surface area contributed by atoms with Crippen molar-refractivity contribution in [3.8, 4) is 0 Å². The summed E-state index contributed by atoms with van der Waals surface area (Å²) in [5.41, 5.74) is -0.545. The SMILES string of the molecule is O=C1OC(CCc2ccco2)=NC12CCCCC2. The van der Waals surface area contributed by atoms with E-state index in [0.29, 0.717) is 12.3 Å². The number of cyclic esters (lactones) is 1. The van der Waals surface area contributed by atoms with Crippen LogP contribution >= 0.6 is 0 Å². The first-order valence-electron chi connectivity index (χ1n) is 6.62. The lowest BCUT2D eigenvalue weighted by molar-refractivity contribution is -0.140. The zero-order chi connectivity index (χ0) is 12.4. The molecule has 0 aromatic carbocycles. The third-order valence-electron chi connectivity index (χ3n) is 3.78. The van der Waals surface area contributed by atoms with Crippen molar-refractivity contribution in [2.75, 3.05) is 0 Å². The Morgan fingerprint density at radius 1 is 1.22 bits per heavy atom. The predicted octanol–water partition coefficient (Wildman–Crippen LogP) is 2.87. The largest absolute Gasteiger partial charge is 0.469 e. The van der Waals surface area contributed by atoms with Crippen LogP contribution in [-0.2, 0) is 16.0 Å². The lowest BCUT2D eigenvalue weighted by Gasteiger charge is -2.25. The molecule has 0 amide bonds. The molecular weight excluding hydrogens is 230 g/mol. The van der Waals surface area contributed by atoms with Gasteiger partial charge in [-0.2, -0.15) is 0 Å². The number of hydrogen-bond donors (Lipinski definition) is 0. The fraction of sp³-hybridized carbons (Fsp3) is 0.571. The summed E-state index contributed by atoms with van der Waals surface area (Å²) in [7, 11) is 0. The number of furan rings is 1. The Morgan fingerprint density at radius 2 is 2.06 bits per heavy atom. The van der Waals surface area contributed by atoms with Crippen molar-refractivity contribution in [3.05, 3.63) is 24.2 Å². The third-order valence-corrected chi connectivity index (χ3v) is 3.78. The van der Waals surface area contributed by atoms with Crippen molar-refractivity contribution in [2.24, 2.45) is 4.99 Å². The minimum Gasteiger partial charge on any atom is -0.469 e. The molecule has 0 unspecified atom stereocenters. The number of aliphatic imine (C=N–C) groups is 1. The monoisotopic (exact) mass is 247 g/mol. The maximum absolute atomic E-state index is 12.0. The Balaban J connectivity index is 1.66. The Labute approximate surface area is 106 Å². The number of hydrogen-bond acceptors (Lipinski definition) is 4. The Bertz CT molecular complexity index is 455. The van der Waals surface area contributed by atoms with Crippen molar-refractivity contribution < 1.29 is 13.9 Å². The second kappa shape index (κ2) is 4.59. The van der Waals surface area contributed by atoms with Crippen LogP contribution in [0, 0.1) is 0 Å². The van der Waals surface area contributed by atoms with Gasteiger partial charge in [0.25, 0.3) is 0 Å². The van der Waals surface area contributed by atoms with E-state index in [0.717, 1.165) is 37.9 Å². The predicted molar refractivity (Wildman–Crippen MR) is 66.4 cm³/mol. The molecule has 4 heteroatoms. The van der Waals surface area contributed by atoms with Gasteiger partial charge in [-0.15, -0.1) is 0 Å². The van der Waals surface area contributed by atoms with E-state index in [1.165, 1.54) is 6.42 Å². The molecule has 1 aromatic heterocycles. The van der Waals surface area contributed by atoms with Gasteiger partial charge in [0.05, 0.1) is 6.26 Å². The van der Waals surface area contributed by atoms with Crippen molar-refractivity contribution in [3.63, 3.8) is 0 Å². The normalized spacial score (nSPS) is 22.0. The van der Waals surface area contributed by atoms with E-state index in [2.05, 4.69) is 4.99 Å². The minimum atomic E-state index is -0.545. The molecule has 0 saturated heterocycles. The first-order valence-corrected chi connectivity index (χ1v) is 6.62. The van der Waals surface area contributed by atoms with Crippen LogP contribution in [0.15, 0.2) is 27.8 Å². The van der Waals surface area contributed by atoms with Crippen LogP contribution in [0.25, 0.3) is 0 Å². The summed E-state index contributed by atoms with van der Waals surface area (Å²) in [5, 5.41) is 0. The Morgan fingerprint density at radius 3 is 2.78 bits per heavy atom.